The van der Waals surface area contributed by atoms with Crippen molar-refractivity contribution in [3.8, 4) is 0 Å². The third-order valence-corrected chi connectivity index (χ3v) is 12.2. The van der Waals surface area contributed by atoms with Crippen LogP contribution in [0.3, 0.4) is 0 Å². The van der Waals surface area contributed by atoms with Crippen molar-refractivity contribution in [3.05, 3.63) is 60.7 Å². The molecule has 0 aromatic heterocycles. The lowest BCUT2D eigenvalue weighted by Gasteiger charge is -2.50. The molecule has 0 saturated carbocycles. The number of benzene rings is 2. The van der Waals surface area contributed by atoms with Crippen LogP contribution in [0.5, 0.6) is 0 Å². The first kappa shape index (κ1) is 29.4. The Morgan fingerprint density at radius 1 is 0.946 bits per heavy atom. The molecule has 0 aliphatic carbocycles. The van der Waals surface area contributed by atoms with Crippen molar-refractivity contribution in [3.63, 3.8) is 0 Å². The van der Waals surface area contributed by atoms with Crippen molar-refractivity contribution in [2.45, 2.75) is 103 Å². The van der Waals surface area contributed by atoms with Crippen LogP contribution in [0.2, 0.25) is 5.04 Å². The fourth-order valence-corrected chi connectivity index (χ4v) is 10.3. The molecule has 1 heterocycles. The van der Waals surface area contributed by atoms with E-state index in [0.29, 0.717) is 19.6 Å². The molecule has 5 nitrogen and oxygen atoms in total. The number of hydrogen-bond acceptors (Lipinski definition) is 4. The molecule has 6 heteroatoms. The summed E-state index contributed by atoms with van der Waals surface area (Å²) in [5.74, 6) is 0. The zero-order valence-corrected chi connectivity index (χ0v) is 25.3. The Balaban J connectivity index is 1.99. The quantitative estimate of drug-likeness (QED) is 0.426. The molecule has 1 aliphatic rings. The van der Waals surface area contributed by atoms with Crippen molar-refractivity contribution < 1.29 is 14.0 Å². The van der Waals surface area contributed by atoms with Crippen molar-refractivity contribution in [2.75, 3.05) is 13.2 Å². The molecule has 1 N–H and O–H groups in total. The zero-order valence-electron chi connectivity index (χ0n) is 24.3. The summed E-state index contributed by atoms with van der Waals surface area (Å²) in [7, 11) is -2.66. The number of piperidine rings is 1. The fourth-order valence-electron chi connectivity index (χ4n) is 5.77. The van der Waals surface area contributed by atoms with E-state index in [4.69, 9.17) is 9.16 Å². The second-order valence-corrected chi connectivity index (χ2v) is 17.0. The van der Waals surface area contributed by atoms with Gasteiger partial charge in [-0.2, -0.15) is 0 Å². The Bertz CT molecular complexity index is 959. The van der Waals surface area contributed by atoms with E-state index >= 15 is 0 Å². The number of carbonyl (C=O) groups is 1. The third kappa shape index (κ3) is 6.84. The maximum atomic E-state index is 13.4. The maximum absolute atomic E-state index is 13.4. The molecule has 204 valence electrons. The smallest absolute Gasteiger partial charge is 0.411 e. The highest BCUT2D eigenvalue weighted by Crippen LogP contribution is 2.38. The molecule has 0 bridgehead atoms. The topological polar surface area (TPSA) is 50.8 Å². The van der Waals surface area contributed by atoms with E-state index in [1.54, 1.807) is 0 Å². The second kappa shape index (κ2) is 11.7. The molecule has 1 unspecified atom stereocenters. The Morgan fingerprint density at radius 3 is 1.95 bits per heavy atom. The van der Waals surface area contributed by atoms with Gasteiger partial charge in [0.25, 0.3) is 8.32 Å². The van der Waals surface area contributed by atoms with Crippen LogP contribution in [-0.4, -0.2) is 49.8 Å². The van der Waals surface area contributed by atoms with Crippen LogP contribution in [0.4, 0.5) is 4.79 Å². The lowest BCUT2D eigenvalue weighted by atomic mass is 9.91. The predicted molar refractivity (Wildman–Crippen MR) is 156 cm³/mol. The molecule has 1 aliphatic heterocycles. The van der Waals surface area contributed by atoms with Gasteiger partial charge in [0.2, 0.25) is 0 Å². The molecule has 1 atom stereocenters. The summed E-state index contributed by atoms with van der Waals surface area (Å²) in [6.45, 7) is 18.2. The molecule has 2 aromatic rings. The normalized spacial score (nSPS) is 19.2. The second-order valence-electron chi connectivity index (χ2n) is 12.7. The standard InChI is InChI=1S/C31H48N2O3Si/c1-25(2)32-31(21-15-16-23-33(31)28(34)36-29(3,4)5)22-24-35-37(30(6,7)8,26-17-11-9-12-18-26)27-19-13-10-14-20-27/h9-14,17-20,25,32H,15-16,21-24H2,1-8H3. The Morgan fingerprint density at radius 2 is 1.49 bits per heavy atom. The lowest BCUT2D eigenvalue weighted by Crippen LogP contribution is -2.68. The van der Waals surface area contributed by atoms with Gasteiger partial charge in [0, 0.05) is 25.6 Å². The van der Waals surface area contributed by atoms with Crippen molar-refractivity contribution in [1.29, 1.82) is 0 Å². The van der Waals surface area contributed by atoms with Crippen LogP contribution in [0.25, 0.3) is 0 Å². The minimum absolute atomic E-state index is 0.0915. The van der Waals surface area contributed by atoms with Gasteiger partial charge in [0.05, 0.1) is 5.66 Å². The minimum Gasteiger partial charge on any atom is -0.444 e. The number of nitrogens with zero attached hydrogens (tertiary/aromatic N) is 1. The molecule has 37 heavy (non-hydrogen) atoms. The van der Waals surface area contributed by atoms with Gasteiger partial charge in [0.1, 0.15) is 5.60 Å². The van der Waals surface area contributed by atoms with Crippen molar-refractivity contribution in [2.24, 2.45) is 0 Å². The molecule has 1 saturated heterocycles. The Hall–Kier alpha value is -2.15. The third-order valence-electron chi connectivity index (χ3n) is 7.16. The van der Waals surface area contributed by atoms with Crippen LogP contribution in [0.15, 0.2) is 60.7 Å². The van der Waals surface area contributed by atoms with Crippen molar-refractivity contribution >= 4 is 24.8 Å². The summed E-state index contributed by atoms with van der Waals surface area (Å²) in [6, 6.07) is 21.7. The van der Waals surface area contributed by atoms with Gasteiger partial charge in [-0.15, -0.1) is 0 Å². The van der Waals surface area contributed by atoms with Gasteiger partial charge < -0.3 is 9.16 Å². The van der Waals surface area contributed by atoms with E-state index in [1.807, 2.05) is 25.7 Å². The largest absolute Gasteiger partial charge is 0.444 e. The number of amides is 1. The number of nitrogens with one attached hydrogen (secondary N) is 1. The van der Waals surface area contributed by atoms with E-state index in [1.165, 1.54) is 10.4 Å². The average molecular weight is 525 g/mol. The lowest BCUT2D eigenvalue weighted by molar-refractivity contribution is -0.0371. The number of hydrogen-bond donors (Lipinski definition) is 1. The number of rotatable bonds is 8. The van der Waals surface area contributed by atoms with Crippen LogP contribution < -0.4 is 15.7 Å². The monoisotopic (exact) mass is 524 g/mol. The van der Waals surface area contributed by atoms with Crippen LogP contribution in [0.1, 0.15) is 81.1 Å². The van der Waals surface area contributed by atoms with Gasteiger partial charge in [-0.25, -0.2) is 4.79 Å². The first-order valence-electron chi connectivity index (χ1n) is 13.8. The highest BCUT2D eigenvalue weighted by Gasteiger charge is 2.51. The first-order chi connectivity index (χ1) is 17.3. The number of likely N-dealkylation sites (tertiary alicyclic amines) is 1. The molecule has 2 aromatic carbocycles. The van der Waals surface area contributed by atoms with E-state index in [0.717, 1.165) is 19.3 Å². The Kier molecular flexibility index (Phi) is 9.30. The van der Waals surface area contributed by atoms with Gasteiger partial charge in [-0.1, -0.05) is 81.4 Å². The SMILES string of the molecule is CC(C)NC1(CCO[Si](c2ccccc2)(c2ccccc2)C(C)(C)C)CCCCN1C(=O)OC(C)(C)C. The molecule has 1 amide bonds. The molecular formula is C31H48N2O3Si. The molecule has 3 rings (SSSR count). The van der Waals surface area contributed by atoms with Crippen LogP contribution in [-0.2, 0) is 9.16 Å². The Labute approximate surface area is 226 Å². The van der Waals surface area contributed by atoms with E-state index in [2.05, 4.69) is 101 Å². The average Bonchev–Trinajstić information content (AvgIpc) is 2.81. The van der Waals surface area contributed by atoms with E-state index < -0.39 is 19.6 Å². The van der Waals surface area contributed by atoms with Crippen LogP contribution in [0, 0.1) is 0 Å². The number of carbonyl (C=O) groups excluding carboxylic acids is 1. The van der Waals surface area contributed by atoms with Crippen molar-refractivity contribution in [1.82, 2.24) is 10.2 Å². The minimum atomic E-state index is -2.66. The predicted octanol–water partition coefficient (Wildman–Crippen LogP) is 6.07. The van der Waals surface area contributed by atoms with Gasteiger partial charge in [0.15, 0.2) is 0 Å². The summed E-state index contributed by atoms with van der Waals surface area (Å²) in [5, 5.41) is 6.23. The molecule has 0 spiro atoms. The van der Waals surface area contributed by atoms with Gasteiger partial charge in [-0.05, 0) is 69.3 Å². The highest BCUT2D eigenvalue weighted by atomic mass is 28.4. The summed E-state index contributed by atoms with van der Waals surface area (Å²) < 4.78 is 13.1. The highest BCUT2D eigenvalue weighted by molar-refractivity contribution is 6.99. The summed E-state index contributed by atoms with van der Waals surface area (Å²) in [6.07, 6.45) is 3.39. The summed E-state index contributed by atoms with van der Waals surface area (Å²) in [4.78, 5) is 15.3. The number of ether oxygens (including phenoxy) is 1. The van der Waals surface area contributed by atoms with Crippen LogP contribution >= 0.6 is 0 Å². The maximum Gasteiger partial charge on any atom is 0.411 e. The van der Waals surface area contributed by atoms with E-state index in [9.17, 15) is 4.79 Å². The summed E-state index contributed by atoms with van der Waals surface area (Å²) in [5.41, 5.74) is -1.04. The van der Waals surface area contributed by atoms with Gasteiger partial charge in [-0.3, -0.25) is 10.2 Å². The summed E-state index contributed by atoms with van der Waals surface area (Å²) >= 11 is 0. The zero-order chi connectivity index (χ0) is 27.3. The fraction of sp³-hybridized carbons (Fsp3) is 0.581. The molecular weight excluding hydrogens is 476 g/mol. The van der Waals surface area contributed by atoms with E-state index in [-0.39, 0.29) is 17.2 Å². The molecule has 1 fully saturated rings. The molecule has 0 radical (unpaired) electrons. The van der Waals surface area contributed by atoms with Gasteiger partial charge >= 0.3 is 6.09 Å². The first-order valence-corrected chi connectivity index (χ1v) is 15.7.